The highest BCUT2D eigenvalue weighted by atomic mass is 32.2. The molecule has 3 aromatic carbocycles. The quantitative estimate of drug-likeness (QED) is 0.414. The molecule has 7 heteroatoms. The molecule has 0 spiro atoms. The summed E-state index contributed by atoms with van der Waals surface area (Å²) in [6.45, 7) is 8.11. The molecule has 0 aliphatic rings. The van der Waals surface area contributed by atoms with E-state index in [-0.39, 0.29) is 18.0 Å². The first kappa shape index (κ1) is 26.1. The summed E-state index contributed by atoms with van der Waals surface area (Å²) in [4.78, 5) is 24.9. The van der Waals surface area contributed by atoms with Crippen LogP contribution in [0.1, 0.15) is 36.7 Å². The number of carbonyl (C=O) groups excluding carboxylic acids is 2. The van der Waals surface area contributed by atoms with Crippen molar-refractivity contribution in [3.05, 3.63) is 95.8 Å². The Labute approximate surface area is 199 Å². The van der Waals surface area contributed by atoms with Crippen LogP contribution in [0.3, 0.4) is 0 Å². The first-order valence-electron chi connectivity index (χ1n) is 10.5. The molecule has 0 aliphatic carbocycles. The molecular formula is C26H30FN3O2S. The van der Waals surface area contributed by atoms with Crippen LogP contribution in [0.2, 0.25) is 0 Å². The molecule has 0 unspecified atom stereocenters. The fraction of sp³-hybridized carbons (Fsp3) is 0.231. The van der Waals surface area contributed by atoms with Crippen molar-refractivity contribution < 1.29 is 14.0 Å². The Morgan fingerprint density at radius 2 is 1.58 bits per heavy atom. The average Bonchev–Trinajstić information content (AvgIpc) is 2.77. The van der Waals surface area contributed by atoms with Crippen LogP contribution in [-0.4, -0.2) is 23.9 Å². The number of halogens is 1. The van der Waals surface area contributed by atoms with Gasteiger partial charge in [-0.25, -0.2) is 4.39 Å². The van der Waals surface area contributed by atoms with Crippen LogP contribution in [0.15, 0.2) is 83.8 Å². The second-order valence-corrected chi connectivity index (χ2v) is 9.25. The number of hydrogen-bond donors (Lipinski definition) is 3. The maximum atomic E-state index is 12.9. The zero-order chi connectivity index (χ0) is 24.3. The van der Waals surface area contributed by atoms with E-state index in [1.165, 1.54) is 41.8 Å². The molecule has 3 N–H and O–H groups in total. The summed E-state index contributed by atoms with van der Waals surface area (Å²) in [5.41, 5.74) is 2.23. The predicted molar refractivity (Wildman–Crippen MR) is 134 cm³/mol. The lowest BCUT2D eigenvalue weighted by atomic mass is 10.1. The summed E-state index contributed by atoms with van der Waals surface area (Å²) in [5.74, 6) is -1.19. The van der Waals surface area contributed by atoms with Gasteiger partial charge in [0.15, 0.2) is 0 Å². The molecule has 2 amide bonds. The summed E-state index contributed by atoms with van der Waals surface area (Å²) >= 11 is 1.48. The van der Waals surface area contributed by atoms with Gasteiger partial charge in [0, 0.05) is 21.7 Å². The minimum absolute atomic E-state index is 0.0332. The summed E-state index contributed by atoms with van der Waals surface area (Å²) in [5, 5.41) is 5.25. The predicted octanol–water partition coefficient (Wildman–Crippen LogP) is 5.58. The molecule has 3 rings (SSSR count). The SMILES string of the molecule is CC(C)(C)NSc1cccc(NC(=O)CNC(=O)c2ccc(F)cc2)c1.Cc1ccccc1. The van der Waals surface area contributed by atoms with Gasteiger partial charge in [-0.1, -0.05) is 42.0 Å². The lowest BCUT2D eigenvalue weighted by Crippen LogP contribution is -2.32. The normalized spacial score (nSPS) is 10.6. The molecule has 0 saturated carbocycles. The molecule has 0 heterocycles. The van der Waals surface area contributed by atoms with Crippen molar-refractivity contribution in [2.45, 2.75) is 38.1 Å². The molecular weight excluding hydrogens is 437 g/mol. The van der Waals surface area contributed by atoms with Crippen molar-refractivity contribution in [2.24, 2.45) is 0 Å². The van der Waals surface area contributed by atoms with E-state index in [9.17, 15) is 14.0 Å². The Bertz CT molecular complexity index is 1040. The van der Waals surface area contributed by atoms with Gasteiger partial charge in [0.1, 0.15) is 5.82 Å². The highest BCUT2D eigenvalue weighted by Crippen LogP contribution is 2.21. The molecule has 0 bridgehead atoms. The highest BCUT2D eigenvalue weighted by Gasteiger charge is 2.11. The minimum Gasteiger partial charge on any atom is -0.343 e. The van der Waals surface area contributed by atoms with Gasteiger partial charge in [-0.05, 0) is 82.1 Å². The summed E-state index contributed by atoms with van der Waals surface area (Å²) in [6, 6.07) is 22.8. The van der Waals surface area contributed by atoms with Gasteiger partial charge < -0.3 is 10.6 Å². The van der Waals surface area contributed by atoms with Crippen LogP contribution >= 0.6 is 11.9 Å². The topological polar surface area (TPSA) is 70.2 Å². The Morgan fingerprint density at radius 3 is 2.15 bits per heavy atom. The molecule has 0 radical (unpaired) electrons. The number of nitrogens with one attached hydrogen (secondary N) is 3. The van der Waals surface area contributed by atoms with E-state index in [1.54, 1.807) is 6.07 Å². The molecule has 0 aliphatic heterocycles. The van der Waals surface area contributed by atoms with Crippen molar-refractivity contribution in [3.63, 3.8) is 0 Å². The molecule has 33 heavy (non-hydrogen) atoms. The fourth-order valence-electron chi connectivity index (χ4n) is 2.45. The Kier molecular flexibility index (Phi) is 10.1. The summed E-state index contributed by atoms with van der Waals surface area (Å²) in [7, 11) is 0. The lowest BCUT2D eigenvalue weighted by molar-refractivity contribution is -0.115. The molecule has 0 saturated heterocycles. The zero-order valence-corrected chi connectivity index (χ0v) is 20.1. The smallest absolute Gasteiger partial charge is 0.251 e. The number of hydrogen-bond acceptors (Lipinski definition) is 4. The van der Waals surface area contributed by atoms with Gasteiger partial charge in [0.05, 0.1) is 6.54 Å². The van der Waals surface area contributed by atoms with E-state index in [2.05, 4.69) is 55.2 Å². The van der Waals surface area contributed by atoms with E-state index in [0.29, 0.717) is 11.3 Å². The summed E-state index contributed by atoms with van der Waals surface area (Å²) in [6.07, 6.45) is 0. The van der Waals surface area contributed by atoms with E-state index >= 15 is 0 Å². The third-order valence-electron chi connectivity index (χ3n) is 4.05. The van der Waals surface area contributed by atoms with Crippen LogP contribution in [0.5, 0.6) is 0 Å². The zero-order valence-electron chi connectivity index (χ0n) is 19.3. The highest BCUT2D eigenvalue weighted by molar-refractivity contribution is 7.97. The maximum absolute atomic E-state index is 12.9. The number of amides is 2. The monoisotopic (exact) mass is 467 g/mol. The van der Waals surface area contributed by atoms with Gasteiger partial charge in [-0.15, -0.1) is 0 Å². The van der Waals surface area contributed by atoms with Gasteiger partial charge in [0.25, 0.3) is 5.91 Å². The van der Waals surface area contributed by atoms with Gasteiger partial charge in [-0.2, -0.15) is 0 Å². The van der Waals surface area contributed by atoms with Gasteiger partial charge in [0.2, 0.25) is 5.91 Å². The maximum Gasteiger partial charge on any atom is 0.251 e. The van der Waals surface area contributed by atoms with E-state index in [0.717, 1.165) is 4.90 Å². The Balaban J connectivity index is 0.000000468. The van der Waals surface area contributed by atoms with Crippen molar-refractivity contribution in [2.75, 3.05) is 11.9 Å². The molecule has 0 aromatic heterocycles. The van der Waals surface area contributed by atoms with Crippen molar-refractivity contribution >= 4 is 29.4 Å². The van der Waals surface area contributed by atoms with Crippen molar-refractivity contribution in [1.29, 1.82) is 0 Å². The number of benzene rings is 3. The number of carbonyl (C=O) groups is 2. The third kappa shape index (κ3) is 10.8. The largest absolute Gasteiger partial charge is 0.343 e. The van der Waals surface area contributed by atoms with Gasteiger partial charge in [-0.3, -0.25) is 14.3 Å². The molecule has 5 nitrogen and oxygen atoms in total. The van der Waals surface area contributed by atoms with Crippen molar-refractivity contribution in [1.82, 2.24) is 10.0 Å². The third-order valence-corrected chi connectivity index (χ3v) is 5.25. The molecule has 3 aromatic rings. The second kappa shape index (κ2) is 12.8. The Hall–Kier alpha value is -3.16. The van der Waals surface area contributed by atoms with E-state index in [4.69, 9.17) is 0 Å². The molecule has 0 fully saturated rings. The second-order valence-electron chi connectivity index (χ2n) is 8.37. The standard InChI is InChI=1S/C19H22FN3O2S.C7H8/c1-19(2,3)23-26-16-6-4-5-15(11-16)22-17(24)12-21-18(25)13-7-9-14(20)10-8-13;1-7-5-3-2-4-6-7/h4-11,23H,12H2,1-3H3,(H,21,25)(H,22,24);2-6H,1H3. The number of anilines is 1. The first-order valence-corrected chi connectivity index (χ1v) is 11.3. The lowest BCUT2D eigenvalue weighted by Gasteiger charge is -2.19. The van der Waals surface area contributed by atoms with Crippen molar-refractivity contribution in [3.8, 4) is 0 Å². The van der Waals surface area contributed by atoms with Crippen LogP contribution in [0.4, 0.5) is 10.1 Å². The Morgan fingerprint density at radius 1 is 0.909 bits per heavy atom. The van der Waals surface area contributed by atoms with E-state index in [1.807, 2.05) is 36.4 Å². The molecule has 0 atom stereocenters. The summed E-state index contributed by atoms with van der Waals surface area (Å²) < 4.78 is 16.2. The fourth-order valence-corrected chi connectivity index (χ4v) is 3.21. The van der Waals surface area contributed by atoms with Crippen LogP contribution in [0.25, 0.3) is 0 Å². The first-order chi connectivity index (χ1) is 15.6. The minimum atomic E-state index is -0.432. The number of rotatable bonds is 6. The van der Waals surface area contributed by atoms with Crippen LogP contribution < -0.4 is 15.4 Å². The average molecular weight is 468 g/mol. The van der Waals surface area contributed by atoms with Crippen LogP contribution in [0, 0.1) is 12.7 Å². The number of aryl methyl sites for hydroxylation is 1. The van der Waals surface area contributed by atoms with Gasteiger partial charge >= 0.3 is 0 Å². The van der Waals surface area contributed by atoms with Crippen LogP contribution in [-0.2, 0) is 4.79 Å². The molecule has 174 valence electrons. The van der Waals surface area contributed by atoms with E-state index < -0.39 is 11.7 Å².